The summed E-state index contributed by atoms with van der Waals surface area (Å²) in [6.07, 6.45) is 0. The van der Waals surface area contributed by atoms with Gasteiger partial charge in [0.25, 0.3) is 5.69 Å². The Hall–Kier alpha value is -1.78. The molecule has 0 aromatic heterocycles. The number of nitriles is 1. The van der Waals surface area contributed by atoms with E-state index in [2.05, 4.69) is 0 Å². The van der Waals surface area contributed by atoms with Crippen LogP contribution in [0.3, 0.4) is 0 Å². The number of aliphatic hydroxyl groups is 1. The zero-order chi connectivity index (χ0) is 13.8. The molecule has 0 saturated carbocycles. The molecule has 0 aliphatic carbocycles. The lowest BCUT2D eigenvalue weighted by Gasteiger charge is -2.36. The van der Waals surface area contributed by atoms with E-state index in [0.29, 0.717) is 5.69 Å². The molecule has 100 valence electrons. The van der Waals surface area contributed by atoms with Crippen LogP contribution in [-0.2, 0) is 0 Å². The van der Waals surface area contributed by atoms with Crippen molar-refractivity contribution in [2.75, 3.05) is 29.6 Å². The number of hydrogen-bond acceptors (Lipinski definition) is 6. The minimum atomic E-state index is -0.514. The van der Waals surface area contributed by atoms with Gasteiger partial charge >= 0.3 is 0 Å². The lowest BCUT2D eigenvalue weighted by atomic mass is 10.1. The summed E-state index contributed by atoms with van der Waals surface area (Å²) in [5.41, 5.74) is 0.847. The summed E-state index contributed by atoms with van der Waals surface area (Å²) in [5.74, 6) is 1.71. The van der Waals surface area contributed by atoms with E-state index in [0.717, 1.165) is 18.1 Å². The molecule has 1 aromatic carbocycles. The first-order valence-corrected chi connectivity index (χ1v) is 6.96. The predicted molar refractivity (Wildman–Crippen MR) is 73.4 cm³/mol. The first-order valence-electron chi connectivity index (χ1n) is 5.81. The molecule has 1 heterocycles. The second-order valence-corrected chi connectivity index (χ2v) is 5.32. The smallest absolute Gasteiger partial charge is 0.270 e. The van der Waals surface area contributed by atoms with Crippen LogP contribution in [0.25, 0.3) is 0 Å². The molecular weight excluding hydrogens is 266 g/mol. The van der Waals surface area contributed by atoms with Crippen molar-refractivity contribution in [1.82, 2.24) is 0 Å². The molecule has 1 aliphatic rings. The maximum Gasteiger partial charge on any atom is 0.270 e. The Balaban J connectivity index is 2.38. The van der Waals surface area contributed by atoms with E-state index in [1.165, 1.54) is 12.1 Å². The van der Waals surface area contributed by atoms with Crippen molar-refractivity contribution in [3.8, 4) is 6.07 Å². The fourth-order valence-electron chi connectivity index (χ4n) is 2.10. The van der Waals surface area contributed by atoms with Crippen LogP contribution in [0.2, 0.25) is 0 Å². The average Bonchev–Trinajstić information content (AvgIpc) is 2.46. The molecule has 0 radical (unpaired) electrons. The van der Waals surface area contributed by atoms with Crippen LogP contribution in [0, 0.1) is 21.4 Å². The molecule has 0 amide bonds. The first kappa shape index (κ1) is 13.6. The molecule has 0 bridgehead atoms. The monoisotopic (exact) mass is 279 g/mol. The number of rotatable bonds is 3. The topological polar surface area (TPSA) is 90.4 Å². The third kappa shape index (κ3) is 2.80. The van der Waals surface area contributed by atoms with Crippen molar-refractivity contribution in [3.63, 3.8) is 0 Å². The molecule has 2 rings (SSSR count). The lowest BCUT2D eigenvalue weighted by Crippen LogP contribution is -2.45. The molecule has 1 fully saturated rings. The van der Waals surface area contributed by atoms with Crippen molar-refractivity contribution < 1.29 is 10.0 Å². The molecule has 1 atom stereocenters. The number of anilines is 1. The maximum absolute atomic E-state index is 10.7. The van der Waals surface area contributed by atoms with Crippen molar-refractivity contribution >= 4 is 23.1 Å². The Kier molecular flexibility index (Phi) is 4.24. The Morgan fingerprint density at radius 3 is 3.05 bits per heavy atom. The highest BCUT2D eigenvalue weighted by molar-refractivity contribution is 7.99. The number of benzene rings is 1. The van der Waals surface area contributed by atoms with Gasteiger partial charge in [-0.2, -0.15) is 17.0 Å². The van der Waals surface area contributed by atoms with E-state index in [9.17, 15) is 15.2 Å². The summed E-state index contributed by atoms with van der Waals surface area (Å²) in [6.45, 7) is 0.733. The molecular formula is C12H13N3O3S. The second-order valence-electron chi connectivity index (χ2n) is 4.18. The fraction of sp³-hybridized carbons (Fsp3) is 0.417. The van der Waals surface area contributed by atoms with E-state index in [1.807, 2.05) is 11.0 Å². The second kappa shape index (κ2) is 5.91. The number of thioether (sulfide) groups is 1. The van der Waals surface area contributed by atoms with Gasteiger partial charge in [0, 0.05) is 30.2 Å². The molecule has 7 heteroatoms. The molecule has 1 aliphatic heterocycles. The molecule has 0 unspecified atom stereocenters. The van der Waals surface area contributed by atoms with Crippen LogP contribution in [0.15, 0.2) is 18.2 Å². The van der Waals surface area contributed by atoms with Gasteiger partial charge < -0.3 is 10.0 Å². The van der Waals surface area contributed by atoms with Crippen LogP contribution in [0.4, 0.5) is 11.4 Å². The Bertz CT molecular complexity index is 529. The van der Waals surface area contributed by atoms with Gasteiger partial charge in [0.15, 0.2) is 0 Å². The Morgan fingerprint density at radius 2 is 2.42 bits per heavy atom. The highest BCUT2D eigenvalue weighted by atomic mass is 32.2. The number of nitro benzene ring substituents is 1. The minimum absolute atomic E-state index is 0.00879. The molecule has 6 nitrogen and oxygen atoms in total. The van der Waals surface area contributed by atoms with Gasteiger partial charge in [-0.1, -0.05) is 0 Å². The molecule has 1 saturated heterocycles. The van der Waals surface area contributed by atoms with E-state index in [1.54, 1.807) is 17.8 Å². The highest BCUT2D eigenvalue weighted by Crippen LogP contribution is 2.29. The summed E-state index contributed by atoms with van der Waals surface area (Å²) >= 11 is 1.75. The number of nitrogens with zero attached hydrogens (tertiary/aromatic N) is 3. The molecule has 1 aromatic rings. The zero-order valence-electron chi connectivity index (χ0n) is 10.2. The Labute approximate surface area is 114 Å². The van der Waals surface area contributed by atoms with Crippen LogP contribution >= 0.6 is 11.8 Å². The summed E-state index contributed by atoms with van der Waals surface area (Å²) in [7, 11) is 0. The van der Waals surface area contributed by atoms with Crippen LogP contribution < -0.4 is 4.90 Å². The molecule has 0 spiro atoms. The van der Waals surface area contributed by atoms with Gasteiger partial charge in [0.1, 0.15) is 6.07 Å². The molecule has 1 N–H and O–H groups in total. The summed E-state index contributed by atoms with van der Waals surface area (Å²) in [5, 5.41) is 29.2. The van der Waals surface area contributed by atoms with Gasteiger partial charge in [0.2, 0.25) is 0 Å². The van der Waals surface area contributed by atoms with Gasteiger partial charge in [-0.05, 0) is 6.07 Å². The van der Waals surface area contributed by atoms with Gasteiger partial charge in [-0.3, -0.25) is 10.1 Å². The van der Waals surface area contributed by atoms with Crippen molar-refractivity contribution in [1.29, 1.82) is 5.26 Å². The first-order chi connectivity index (χ1) is 9.17. The van der Waals surface area contributed by atoms with Crippen LogP contribution in [0.1, 0.15) is 5.56 Å². The van der Waals surface area contributed by atoms with Crippen molar-refractivity contribution in [2.24, 2.45) is 0 Å². The third-order valence-corrected chi connectivity index (χ3v) is 4.15. The highest BCUT2D eigenvalue weighted by Gasteiger charge is 2.25. The van der Waals surface area contributed by atoms with E-state index >= 15 is 0 Å². The van der Waals surface area contributed by atoms with Gasteiger partial charge in [-0.15, -0.1) is 0 Å². The summed E-state index contributed by atoms with van der Waals surface area (Å²) in [4.78, 5) is 12.2. The maximum atomic E-state index is 10.7. The average molecular weight is 279 g/mol. The predicted octanol–water partition coefficient (Wildman–Crippen LogP) is 1.38. The van der Waals surface area contributed by atoms with E-state index < -0.39 is 4.92 Å². The fourth-order valence-corrected chi connectivity index (χ4v) is 3.15. The molecule has 19 heavy (non-hydrogen) atoms. The quantitative estimate of drug-likeness (QED) is 0.664. The zero-order valence-corrected chi connectivity index (χ0v) is 11.0. The van der Waals surface area contributed by atoms with E-state index in [4.69, 9.17) is 5.26 Å². The standard InChI is InChI=1S/C12H13N3O3S/c13-6-9-5-10(15(17)18)1-2-12(9)14-3-4-19-8-11(14)7-16/h1-2,5,11,16H,3-4,7-8H2/t11-/m1/s1. The van der Waals surface area contributed by atoms with Crippen LogP contribution in [-0.4, -0.2) is 40.7 Å². The number of nitro groups is 1. The number of aliphatic hydroxyl groups excluding tert-OH is 1. The summed E-state index contributed by atoms with van der Waals surface area (Å²) < 4.78 is 0. The minimum Gasteiger partial charge on any atom is -0.394 e. The summed E-state index contributed by atoms with van der Waals surface area (Å²) in [6, 6.07) is 6.22. The SMILES string of the molecule is N#Cc1cc([N+](=O)[O-])ccc1N1CCSC[C@H]1CO. The van der Waals surface area contributed by atoms with Gasteiger partial charge in [-0.25, -0.2) is 0 Å². The van der Waals surface area contributed by atoms with Crippen molar-refractivity contribution in [2.45, 2.75) is 6.04 Å². The lowest BCUT2D eigenvalue weighted by molar-refractivity contribution is -0.384. The normalized spacial score (nSPS) is 18.9. The largest absolute Gasteiger partial charge is 0.394 e. The van der Waals surface area contributed by atoms with Gasteiger partial charge in [0.05, 0.1) is 28.8 Å². The Morgan fingerprint density at radius 1 is 1.63 bits per heavy atom. The number of hydrogen-bond donors (Lipinski definition) is 1. The third-order valence-electron chi connectivity index (χ3n) is 3.06. The number of non-ortho nitro benzene ring substituents is 1. The van der Waals surface area contributed by atoms with E-state index in [-0.39, 0.29) is 23.9 Å². The van der Waals surface area contributed by atoms with Crippen molar-refractivity contribution in [3.05, 3.63) is 33.9 Å². The van der Waals surface area contributed by atoms with Crippen LogP contribution in [0.5, 0.6) is 0 Å².